The number of thioether (sulfide) groups is 1. The molecule has 0 spiro atoms. The third kappa shape index (κ3) is 5.68. The second kappa shape index (κ2) is 6.49. The second-order valence-electron chi connectivity index (χ2n) is 4.14. The van der Waals surface area contributed by atoms with Crippen LogP contribution in [0.4, 0.5) is 0 Å². The third-order valence-corrected chi connectivity index (χ3v) is 2.98. The average Bonchev–Trinajstić information content (AvgIpc) is 2.95. The zero-order chi connectivity index (χ0) is 10.4. The van der Waals surface area contributed by atoms with Gasteiger partial charge in [-0.15, -0.1) is 0 Å². The highest BCUT2D eigenvalue weighted by molar-refractivity contribution is 7.98. The van der Waals surface area contributed by atoms with E-state index in [0.29, 0.717) is 0 Å². The molecule has 0 heterocycles. The van der Waals surface area contributed by atoms with Crippen molar-refractivity contribution in [2.24, 2.45) is 0 Å². The van der Waals surface area contributed by atoms with Crippen LogP contribution in [0, 0.1) is 0 Å². The smallest absolute Gasteiger partial charge is 0.0200 e. The van der Waals surface area contributed by atoms with Crippen molar-refractivity contribution in [3.63, 3.8) is 0 Å². The summed E-state index contributed by atoms with van der Waals surface area (Å²) in [6, 6.07) is 0.795. The fraction of sp³-hybridized carbons (Fsp3) is 0.818. The Bertz CT molecular complexity index is 178. The first kappa shape index (κ1) is 12.1. The molecule has 1 aliphatic rings. The van der Waals surface area contributed by atoms with Crippen molar-refractivity contribution < 1.29 is 0 Å². The maximum atomic E-state index is 4.09. The summed E-state index contributed by atoms with van der Waals surface area (Å²) in [6.45, 7) is 7.27. The van der Waals surface area contributed by atoms with E-state index in [-0.39, 0.29) is 0 Å². The van der Waals surface area contributed by atoms with Gasteiger partial charge in [0, 0.05) is 31.4 Å². The maximum Gasteiger partial charge on any atom is 0.0200 e. The molecule has 1 rings (SSSR count). The Labute approximate surface area is 92.1 Å². The van der Waals surface area contributed by atoms with Crippen LogP contribution >= 0.6 is 11.8 Å². The van der Waals surface area contributed by atoms with Crippen LogP contribution < -0.4 is 5.32 Å². The number of nitrogens with zero attached hydrogens (tertiary/aromatic N) is 1. The monoisotopic (exact) mass is 214 g/mol. The number of likely N-dealkylation sites (N-methyl/N-ethyl adjacent to an activating group) is 1. The van der Waals surface area contributed by atoms with Crippen molar-refractivity contribution >= 4 is 11.8 Å². The van der Waals surface area contributed by atoms with E-state index < -0.39 is 0 Å². The van der Waals surface area contributed by atoms with Gasteiger partial charge in [0.15, 0.2) is 0 Å². The van der Waals surface area contributed by atoms with Gasteiger partial charge in [-0.1, -0.05) is 6.58 Å². The Morgan fingerprint density at radius 3 is 2.86 bits per heavy atom. The summed E-state index contributed by atoms with van der Waals surface area (Å²) in [7, 11) is 2.17. The Morgan fingerprint density at radius 1 is 1.57 bits per heavy atom. The first-order valence-electron chi connectivity index (χ1n) is 5.30. The second-order valence-corrected chi connectivity index (χ2v) is 5.12. The van der Waals surface area contributed by atoms with Gasteiger partial charge in [-0.25, -0.2) is 0 Å². The van der Waals surface area contributed by atoms with Gasteiger partial charge in [-0.3, -0.25) is 0 Å². The lowest BCUT2D eigenvalue weighted by atomic mass is 10.3. The average molecular weight is 214 g/mol. The Hall–Kier alpha value is 0.0100. The summed E-state index contributed by atoms with van der Waals surface area (Å²) in [5, 5.41) is 3.49. The summed E-state index contributed by atoms with van der Waals surface area (Å²) in [4.78, 5) is 2.34. The molecule has 14 heavy (non-hydrogen) atoms. The lowest BCUT2D eigenvalue weighted by molar-refractivity contribution is 0.383. The predicted octanol–water partition coefficient (Wildman–Crippen LogP) is 1.59. The van der Waals surface area contributed by atoms with E-state index >= 15 is 0 Å². The minimum Gasteiger partial charge on any atom is -0.310 e. The minimum absolute atomic E-state index is 0.795. The Morgan fingerprint density at radius 2 is 2.29 bits per heavy atom. The van der Waals surface area contributed by atoms with Crippen molar-refractivity contribution in [3.05, 3.63) is 12.2 Å². The largest absolute Gasteiger partial charge is 0.310 e. The molecule has 0 radical (unpaired) electrons. The van der Waals surface area contributed by atoms with Gasteiger partial charge in [0.1, 0.15) is 0 Å². The van der Waals surface area contributed by atoms with Crippen LogP contribution in [-0.4, -0.2) is 49.6 Å². The highest BCUT2D eigenvalue weighted by Crippen LogP contribution is 2.18. The highest BCUT2D eigenvalue weighted by Gasteiger charge is 2.20. The third-order valence-electron chi connectivity index (χ3n) is 2.39. The van der Waals surface area contributed by atoms with E-state index in [1.807, 2.05) is 11.8 Å². The van der Waals surface area contributed by atoms with Gasteiger partial charge in [0.05, 0.1) is 0 Å². The van der Waals surface area contributed by atoms with E-state index in [1.165, 1.54) is 24.2 Å². The molecule has 0 aromatic carbocycles. The molecule has 3 heteroatoms. The standard InChI is InChI=1S/C11H22N2S/c1-10(8-12-11-4-5-11)9-13(2)6-7-14-3/h11-12H,1,4-9H2,2-3H3. The molecule has 2 nitrogen and oxygen atoms in total. The van der Waals surface area contributed by atoms with Crippen molar-refractivity contribution in [1.82, 2.24) is 10.2 Å². The molecule has 0 atom stereocenters. The van der Waals surface area contributed by atoms with E-state index in [9.17, 15) is 0 Å². The minimum atomic E-state index is 0.795. The molecule has 1 aliphatic carbocycles. The van der Waals surface area contributed by atoms with Crippen LogP contribution in [0.2, 0.25) is 0 Å². The highest BCUT2D eigenvalue weighted by atomic mass is 32.2. The van der Waals surface area contributed by atoms with Crippen molar-refractivity contribution in [3.8, 4) is 0 Å². The quantitative estimate of drug-likeness (QED) is 0.618. The summed E-state index contributed by atoms with van der Waals surface area (Å²) in [5.74, 6) is 1.21. The predicted molar refractivity (Wildman–Crippen MR) is 66.0 cm³/mol. The van der Waals surface area contributed by atoms with Gasteiger partial charge < -0.3 is 10.2 Å². The topological polar surface area (TPSA) is 15.3 Å². The van der Waals surface area contributed by atoms with Gasteiger partial charge in [0.2, 0.25) is 0 Å². The fourth-order valence-electron chi connectivity index (χ4n) is 1.34. The van der Waals surface area contributed by atoms with Crippen molar-refractivity contribution in [1.29, 1.82) is 0 Å². The van der Waals surface area contributed by atoms with Gasteiger partial charge in [0.25, 0.3) is 0 Å². The molecular weight excluding hydrogens is 192 g/mol. The van der Waals surface area contributed by atoms with Crippen LogP contribution in [0.3, 0.4) is 0 Å². The van der Waals surface area contributed by atoms with Gasteiger partial charge >= 0.3 is 0 Å². The molecule has 0 aromatic heterocycles. The van der Waals surface area contributed by atoms with Crippen LogP contribution in [0.1, 0.15) is 12.8 Å². The molecule has 0 aromatic rings. The molecule has 0 amide bonds. The van der Waals surface area contributed by atoms with E-state index in [0.717, 1.165) is 25.7 Å². The van der Waals surface area contributed by atoms with Gasteiger partial charge in [-0.05, 0) is 31.7 Å². The summed E-state index contributed by atoms with van der Waals surface area (Å²) < 4.78 is 0. The lowest BCUT2D eigenvalue weighted by Gasteiger charge is -2.17. The Balaban J connectivity index is 1.99. The molecule has 0 aliphatic heterocycles. The molecule has 1 N–H and O–H groups in total. The zero-order valence-corrected chi connectivity index (χ0v) is 10.2. The van der Waals surface area contributed by atoms with Crippen LogP contribution in [0.5, 0.6) is 0 Å². The maximum absolute atomic E-state index is 4.09. The van der Waals surface area contributed by atoms with E-state index in [4.69, 9.17) is 0 Å². The van der Waals surface area contributed by atoms with Crippen LogP contribution in [0.15, 0.2) is 12.2 Å². The van der Waals surface area contributed by atoms with Crippen molar-refractivity contribution in [2.45, 2.75) is 18.9 Å². The first-order valence-corrected chi connectivity index (χ1v) is 6.69. The zero-order valence-electron chi connectivity index (χ0n) is 9.38. The fourth-order valence-corrected chi connectivity index (χ4v) is 1.83. The summed E-state index contributed by atoms with van der Waals surface area (Å²) in [6.07, 6.45) is 4.86. The Kier molecular flexibility index (Phi) is 5.60. The van der Waals surface area contributed by atoms with Crippen LogP contribution in [-0.2, 0) is 0 Å². The number of rotatable bonds is 8. The normalized spacial score (nSPS) is 16.2. The molecule has 0 unspecified atom stereocenters. The number of nitrogens with one attached hydrogen (secondary N) is 1. The molecule has 82 valence electrons. The lowest BCUT2D eigenvalue weighted by Crippen LogP contribution is -2.28. The van der Waals surface area contributed by atoms with E-state index in [1.54, 1.807) is 0 Å². The summed E-state index contributed by atoms with van der Waals surface area (Å²) in [5.41, 5.74) is 1.31. The van der Waals surface area contributed by atoms with Crippen LogP contribution in [0.25, 0.3) is 0 Å². The van der Waals surface area contributed by atoms with E-state index in [2.05, 4.69) is 30.1 Å². The SMILES string of the molecule is C=C(CNC1CC1)CN(C)CCSC. The summed E-state index contributed by atoms with van der Waals surface area (Å²) >= 11 is 1.90. The molecular formula is C11H22N2S. The molecule has 1 saturated carbocycles. The molecule has 0 bridgehead atoms. The van der Waals surface area contributed by atoms with Gasteiger partial charge in [-0.2, -0.15) is 11.8 Å². The number of hydrogen-bond acceptors (Lipinski definition) is 3. The number of hydrogen-bond donors (Lipinski definition) is 1. The molecule has 0 saturated heterocycles. The first-order chi connectivity index (χ1) is 6.72. The van der Waals surface area contributed by atoms with Crippen molar-refractivity contribution in [2.75, 3.05) is 38.7 Å². The molecule has 1 fully saturated rings.